The predicted octanol–water partition coefficient (Wildman–Crippen LogP) is 3.03. The minimum Gasteiger partial charge on any atom is -0.341 e. The van der Waals surface area contributed by atoms with Gasteiger partial charge in [-0.05, 0) is 37.1 Å². The minimum atomic E-state index is 0.649. The molecule has 0 amide bonds. The Bertz CT molecular complexity index is 780. The topological polar surface area (TPSA) is 39.8 Å². The second-order valence-electron chi connectivity index (χ2n) is 5.40. The summed E-state index contributed by atoms with van der Waals surface area (Å²) in [6.45, 7) is 0.820. The number of aromatic nitrogens is 3. The van der Waals surface area contributed by atoms with Gasteiger partial charge in [0.25, 0.3) is 0 Å². The van der Waals surface area contributed by atoms with Crippen LogP contribution in [0.4, 0.5) is 0 Å². The zero-order valence-corrected chi connectivity index (χ0v) is 11.1. The quantitative estimate of drug-likeness (QED) is 0.680. The number of benzene rings is 1. The standard InChI is InChI=1S/C16H15N3O/c20-10-12-1-4-16-13(7-12)5-6-18(16)9-15-8-17-11-19(15)14-2-3-14/h1,4-8,10-11,14H,2-3,9H2. The Balaban J connectivity index is 1.71. The molecule has 0 spiro atoms. The van der Waals surface area contributed by atoms with Gasteiger partial charge >= 0.3 is 0 Å². The summed E-state index contributed by atoms with van der Waals surface area (Å²) >= 11 is 0. The Hall–Kier alpha value is -2.36. The van der Waals surface area contributed by atoms with Crippen molar-refractivity contribution in [1.29, 1.82) is 0 Å². The highest BCUT2D eigenvalue weighted by molar-refractivity contribution is 5.87. The van der Waals surface area contributed by atoms with Crippen molar-refractivity contribution < 1.29 is 4.79 Å². The van der Waals surface area contributed by atoms with Crippen molar-refractivity contribution in [1.82, 2.24) is 14.1 Å². The van der Waals surface area contributed by atoms with Gasteiger partial charge < -0.3 is 9.13 Å². The second kappa shape index (κ2) is 4.34. The number of fused-ring (bicyclic) bond motifs is 1. The van der Waals surface area contributed by atoms with Gasteiger partial charge in [0.05, 0.1) is 18.6 Å². The van der Waals surface area contributed by atoms with Gasteiger partial charge in [0.15, 0.2) is 0 Å². The monoisotopic (exact) mass is 265 g/mol. The summed E-state index contributed by atoms with van der Waals surface area (Å²) in [5, 5.41) is 1.10. The lowest BCUT2D eigenvalue weighted by Crippen LogP contribution is -2.05. The molecule has 0 radical (unpaired) electrons. The van der Waals surface area contributed by atoms with E-state index in [0.29, 0.717) is 6.04 Å². The molecule has 2 heterocycles. The van der Waals surface area contributed by atoms with Crippen molar-refractivity contribution in [3.63, 3.8) is 0 Å². The van der Waals surface area contributed by atoms with Gasteiger partial charge in [0, 0.05) is 34.9 Å². The highest BCUT2D eigenvalue weighted by atomic mass is 16.1. The molecule has 3 aromatic rings. The third-order valence-corrected chi connectivity index (χ3v) is 3.95. The molecule has 0 saturated heterocycles. The fraction of sp³-hybridized carbons (Fsp3) is 0.250. The Morgan fingerprint density at radius 3 is 3.00 bits per heavy atom. The number of aldehydes is 1. The number of imidazole rings is 1. The first-order valence-corrected chi connectivity index (χ1v) is 6.90. The summed E-state index contributed by atoms with van der Waals surface area (Å²) in [5.41, 5.74) is 3.11. The summed E-state index contributed by atoms with van der Waals surface area (Å²) in [5.74, 6) is 0. The lowest BCUT2D eigenvalue weighted by molar-refractivity contribution is 0.112. The van der Waals surface area contributed by atoms with Gasteiger partial charge in [-0.15, -0.1) is 0 Å². The number of hydrogen-bond acceptors (Lipinski definition) is 2. The second-order valence-corrected chi connectivity index (χ2v) is 5.40. The van der Waals surface area contributed by atoms with Crippen molar-refractivity contribution in [2.45, 2.75) is 25.4 Å². The molecule has 0 bridgehead atoms. The van der Waals surface area contributed by atoms with Crippen LogP contribution in [0.5, 0.6) is 0 Å². The van der Waals surface area contributed by atoms with E-state index in [9.17, 15) is 4.79 Å². The van der Waals surface area contributed by atoms with Gasteiger partial charge in [-0.3, -0.25) is 4.79 Å². The average Bonchev–Trinajstić information content (AvgIpc) is 3.09. The van der Waals surface area contributed by atoms with Crippen molar-refractivity contribution in [2.24, 2.45) is 0 Å². The zero-order chi connectivity index (χ0) is 13.5. The van der Waals surface area contributed by atoms with Gasteiger partial charge in [-0.25, -0.2) is 4.98 Å². The maximum atomic E-state index is 10.8. The molecular formula is C16H15N3O. The first-order valence-electron chi connectivity index (χ1n) is 6.90. The van der Waals surface area contributed by atoms with E-state index < -0.39 is 0 Å². The minimum absolute atomic E-state index is 0.649. The van der Waals surface area contributed by atoms with E-state index in [-0.39, 0.29) is 0 Å². The number of rotatable bonds is 4. The van der Waals surface area contributed by atoms with E-state index in [1.54, 1.807) is 0 Å². The highest BCUT2D eigenvalue weighted by Crippen LogP contribution is 2.35. The van der Waals surface area contributed by atoms with Crippen LogP contribution < -0.4 is 0 Å². The van der Waals surface area contributed by atoms with Crippen LogP contribution >= 0.6 is 0 Å². The van der Waals surface area contributed by atoms with Crippen LogP contribution in [0.2, 0.25) is 0 Å². The molecular weight excluding hydrogens is 250 g/mol. The first kappa shape index (κ1) is 11.5. The van der Waals surface area contributed by atoms with Crippen LogP contribution in [-0.2, 0) is 6.54 Å². The van der Waals surface area contributed by atoms with Crippen LogP contribution in [0.15, 0.2) is 43.0 Å². The summed E-state index contributed by atoms with van der Waals surface area (Å²) in [6, 6.07) is 8.51. The van der Waals surface area contributed by atoms with Gasteiger partial charge in [-0.1, -0.05) is 0 Å². The van der Waals surface area contributed by atoms with Crippen molar-refractivity contribution in [3.8, 4) is 0 Å². The molecule has 1 aliphatic carbocycles. The molecule has 0 aliphatic heterocycles. The SMILES string of the molecule is O=Cc1ccc2c(ccn2Cc2cncn2C2CC2)c1. The molecule has 100 valence electrons. The predicted molar refractivity (Wildman–Crippen MR) is 76.9 cm³/mol. The lowest BCUT2D eigenvalue weighted by atomic mass is 10.2. The smallest absolute Gasteiger partial charge is 0.150 e. The van der Waals surface area contributed by atoms with Crippen LogP contribution in [0.3, 0.4) is 0 Å². The normalized spacial score (nSPS) is 14.8. The molecule has 1 saturated carbocycles. The van der Waals surface area contributed by atoms with E-state index >= 15 is 0 Å². The van der Waals surface area contributed by atoms with Crippen molar-refractivity contribution >= 4 is 17.2 Å². The Morgan fingerprint density at radius 2 is 2.20 bits per heavy atom. The molecule has 1 fully saturated rings. The van der Waals surface area contributed by atoms with Crippen LogP contribution in [0, 0.1) is 0 Å². The fourth-order valence-corrected chi connectivity index (χ4v) is 2.74. The van der Waals surface area contributed by atoms with Crippen molar-refractivity contribution in [2.75, 3.05) is 0 Å². The molecule has 4 nitrogen and oxygen atoms in total. The third-order valence-electron chi connectivity index (χ3n) is 3.95. The molecule has 0 atom stereocenters. The maximum absolute atomic E-state index is 10.8. The van der Waals surface area contributed by atoms with E-state index in [1.165, 1.54) is 18.5 Å². The number of carbonyl (C=O) groups is 1. The van der Waals surface area contributed by atoms with E-state index in [4.69, 9.17) is 0 Å². The third kappa shape index (κ3) is 1.84. The molecule has 1 aromatic carbocycles. The van der Waals surface area contributed by atoms with E-state index in [2.05, 4.69) is 26.4 Å². The lowest BCUT2D eigenvalue weighted by Gasteiger charge is -2.09. The van der Waals surface area contributed by atoms with Gasteiger partial charge in [0.2, 0.25) is 0 Å². The molecule has 2 aromatic heterocycles. The van der Waals surface area contributed by atoms with Crippen molar-refractivity contribution in [3.05, 3.63) is 54.2 Å². The van der Waals surface area contributed by atoms with Gasteiger partial charge in [-0.2, -0.15) is 0 Å². The molecule has 0 N–H and O–H groups in total. The molecule has 0 unspecified atom stereocenters. The van der Waals surface area contributed by atoms with E-state index in [1.807, 2.05) is 30.7 Å². The molecule has 4 rings (SSSR count). The summed E-state index contributed by atoms with van der Waals surface area (Å²) < 4.78 is 4.49. The van der Waals surface area contributed by atoms with Crippen LogP contribution in [0.25, 0.3) is 10.9 Å². The number of nitrogens with zero attached hydrogens (tertiary/aromatic N) is 3. The van der Waals surface area contributed by atoms with Crippen LogP contribution in [0.1, 0.15) is 34.9 Å². The summed E-state index contributed by atoms with van der Waals surface area (Å²) in [6.07, 6.45) is 9.37. The Labute approximate surface area is 116 Å². The van der Waals surface area contributed by atoms with Gasteiger partial charge in [0.1, 0.15) is 6.29 Å². The molecule has 1 aliphatic rings. The Morgan fingerprint density at radius 1 is 1.30 bits per heavy atom. The summed E-state index contributed by atoms with van der Waals surface area (Å²) in [4.78, 5) is 15.1. The Kier molecular flexibility index (Phi) is 2.49. The van der Waals surface area contributed by atoms with E-state index in [0.717, 1.165) is 29.3 Å². The summed E-state index contributed by atoms with van der Waals surface area (Å²) in [7, 11) is 0. The molecule has 20 heavy (non-hydrogen) atoms. The van der Waals surface area contributed by atoms with Crippen LogP contribution in [-0.4, -0.2) is 20.4 Å². The maximum Gasteiger partial charge on any atom is 0.150 e. The first-order chi connectivity index (χ1) is 9.85. The number of hydrogen-bond donors (Lipinski definition) is 0. The average molecular weight is 265 g/mol. The highest BCUT2D eigenvalue weighted by Gasteiger charge is 2.25. The number of carbonyl (C=O) groups excluding carboxylic acids is 1. The molecule has 4 heteroatoms. The zero-order valence-electron chi connectivity index (χ0n) is 11.1. The fourth-order valence-electron chi connectivity index (χ4n) is 2.74. The largest absolute Gasteiger partial charge is 0.341 e.